The van der Waals surface area contributed by atoms with E-state index in [-0.39, 0.29) is 17.9 Å². The van der Waals surface area contributed by atoms with Gasteiger partial charge in [0, 0.05) is 17.6 Å². The third-order valence-corrected chi connectivity index (χ3v) is 5.08. The Bertz CT molecular complexity index is 855. The quantitative estimate of drug-likeness (QED) is 0.804. The maximum absolute atomic E-state index is 12.5. The van der Waals surface area contributed by atoms with Gasteiger partial charge in [-0.3, -0.25) is 4.79 Å². The Hall–Kier alpha value is -2.88. The molecule has 0 aliphatic carbocycles. The van der Waals surface area contributed by atoms with E-state index in [0.717, 1.165) is 23.1 Å². The van der Waals surface area contributed by atoms with Gasteiger partial charge < -0.3 is 10.4 Å². The number of nitrogens with one attached hydrogen (secondary N) is 1. The fraction of sp³-hybridized carbons (Fsp3) is 0.273. The molecule has 1 amide bonds. The fourth-order valence-electron chi connectivity index (χ4n) is 3.47. The molecule has 1 heterocycles. The maximum Gasteiger partial charge on any atom is 0.332 e. The zero-order valence-electron chi connectivity index (χ0n) is 15.0. The zero-order chi connectivity index (χ0) is 18.7. The lowest BCUT2D eigenvalue weighted by Crippen LogP contribution is -2.45. The van der Waals surface area contributed by atoms with Crippen LogP contribution >= 0.6 is 0 Å². The Morgan fingerprint density at radius 2 is 1.69 bits per heavy atom. The van der Waals surface area contributed by atoms with E-state index in [1.807, 2.05) is 56.3 Å². The standard InChI is InChI=1S/C22H23NO3/c1-3-14(2)20-19(16-11-7-8-12-17(16)21(24)23-20)18(22(25)26)13-15-9-5-4-6-10-15/h4-12,14,20H,3,13H2,1-2H3,(H,23,24)(H,25,26)/b19-18-/t14-,20-/m0/s1. The van der Waals surface area contributed by atoms with E-state index in [2.05, 4.69) is 5.32 Å². The lowest BCUT2D eigenvalue weighted by atomic mass is 9.79. The Morgan fingerprint density at radius 3 is 2.31 bits per heavy atom. The first-order valence-electron chi connectivity index (χ1n) is 8.93. The molecule has 0 saturated heterocycles. The largest absolute Gasteiger partial charge is 0.478 e. The van der Waals surface area contributed by atoms with Gasteiger partial charge in [-0.15, -0.1) is 0 Å². The number of aliphatic carboxylic acids is 1. The molecule has 2 atom stereocenters. The third kappa shape index (κ3) is 3.40. The summed E-state index contributed by atoms with van der Waals surface area (Å²) in [6.45, 7) is 4.09. The van der Waals surface area contributed by atoms with Crippen LogP contribution < -0.4 is 5.32 Å². The lowest BCUT2D eigenvalue weighted by Gasteiger charge is -2.34. The van der Waals surface area contributed by atoms with Gasteiger partial charge in [0.05, 0.1) is 6.04 Å². The molecular weight excluding hydrogens is 326 g/mol. The molecule has 134 valence electrons. The first-order chi connectivity index (χ1) is 12.5. The van der Waals surface area contributed by atoms with Gasteiger partial charge in [-0.1, -0.05) is 68.8 Å². The molecule has 1 aliphatic heterocycles. The smallest absolute Gasteiger partial charge is 0.332 e. The first-order valence-corrected chi connectivity index (χ1v) is 8.93. The summed E-state index contributed by atoms with van der Waals surface area (Å²) in [5, 5.41) is 13.0. The summed E-state index contributed by atoms with van der Waals surface area (Å²) >= 11 is 0. The molecule has 1 aliphatic rings. The van der Waals surface area contributed by atoms with Gasteiger partial charge in [-0.25, -0.2) is 4.79 Å². The molecule has 0 fully saturated rings. The fourth-order valence-corrected chi connectivity index (χ4v) is 3.47. The minimum Gasteiger partial charge on any atom is -0.478 e. The van der Waals surface area contributed by atoms with E-state index >= 15 is 0 Å². The monoisotopic (exact) mass is 349 g/mol. The van der Waals surface area contributed by atoms with Gasteiger partial charge >= 0.3 is 5.97 Å². The van der Waals surface area contributed by atoms with Crippen LogP contribution in [-0.2, 0) is 11.2 Å². The Balaban J connectivity index is 2.22. The molecular formula is C22H23NO3. The molecule has 0 aromatic heterocycles. The summed E-state index contributed by atoms with van der Waals surface area (Å²) in [4.78, 5) is 24.7. The van der Waals surface area contributed by atoms with Crippen molar-refractivity contribution in [2.45, 2.75) is 32.7 Å². The van der Waals surface area contributed by atoms with Gasteiger partial charge in [0.1, 0.15) is 0 Å². The van der Waals surface area contributed by atoms with Crippen molar-refractivity contribution in [1.82, 2.24) is 5.32 Å². The minimum atomic E-state index is -0.942. The number of benzene rings is 2. The predicted molar refractivity (Wildman–Crippen MR) is 102 cm³/mol. The van der Waals surface area contributed by atoms with Crippen LogP contribution in [0.25, 0.3) is 5.57 Å². The Kier molecular flexibility index (Phi) is 5.21. The number of amides is 1. The molecule has 4 heteroatoms. The molecule has 4 nitrogen and oxygen atoms in total. The molecule has 0 radical (unpaired) electrons. The SMILES string of the molecule is CC[C@H](C)[C@@H]1NC(=O)c2ccccc2/C1=C(\Cc1ccccc1)C(=O)O. The van der Waals surface area contributed by atoms with Crippen LogP contribution in [0.15, 0.2) is 60.2 Å². The molecule has 2 aromatic rings. The van der Waals surface area contributed by atoms with Crippen LogP contribution in [0.5, 0.6) is 0 Å². The number of carboxylic acids is 1. The Morgan fingerprint density at radius 1 is 1.08 bits per heavy atom. The molecule has 0 spiro atoms. The van der Waals surface area contributed by atoms with Crippen molar-refractivity contribution < 1.29 is 14.7 Å². The van der Waals surface area contributed by atoms with Gasteiger partial charge in [0.15, 0.2) is 0 Å². The summed E-state index contributed by atoms with van der Waals surface area (Å²) in [7, 11) is 0. The third-order valence-electron chi connectivity index (χ3n) is 5.08. The highest BCUT2D eigenvalue weighted by atomic mass is 16.4. The van der Waals surface area contributed by atoms with E-state index < -0.39 is 5.97 Å². The minimum absolute atomic E-state index is 0.132. The second kappa shape index (κ2) is 7.56. The highest BCUT2D eigenvalue weighted by Crippen LogP contribution is 2.35. The summed E-state index contributed by atoms with van der Waals surface area (Å²) in [5.41, 5.74) is 3.28. The second-order valence-electron chi connectivity index (χ2n) is 6.74. The number of hydrogen-bond acceptors (Lipinski definition) is 2. The van der Waals surface area contributed by atoms with Crippen molar-refractivity contribution in [3.8, 4) is 0 Å². The van der Waals surface area contributed by atoms with Gasteiger partial charge in [0.25, 0.3) is 5.91 Å². The van der Waals surface area contributed by atoms with E-state index in [9.17, 15) is 14.7 Å². The summed E-state index contributed by atoms with van der Waals surface area (Å²) in [6, 6.07) is 16.5. The van der Waals surface area contributed by atoms with Crippen molar-refractivity contribution in [1.29, 1.82) is 0 Å². The van der Waals surface area contributed by atoms with Crippen molar-refractivity contribution in [3.05, 3.63) is 76.9 Å². The number of carbonyl (C=O) groups excluding carboxylic acids is 1. The van der Waals surface area contributed by atoms with E-state index in [0.29, 0.717) is 17.6 Å². The summed E-state index contributed by atoms with van der Waals surface area (Å²) < 4.78 is 0. The first kappa shape index (κ1) is 17.9. The predicted octanol–water partition coefficient (Wildman–Crippen LogP) is 3.93. The van der Waals surface area contributed by atoms with E-state index in [4.69, 9.17) is 0 Å². The molecule has 2 N–H and O–H groups in total. The average molecular weight is 349 g/mol. The molecule has 2 aromatic carbocycles. The van der Waals surface area contributed by atoms with E-state index in [1.54, 1.807) is 12.1 Å². The van der Waals surface area contributed by atoms with Crippen LogP contribution in [0, 0.1) is 5.92 Å². The van der Waals surface area contributed by atoms with Crippen molar-refractivity contribution in [2.75, 3.05) is 0 Å². The summed E-state index contributed by atoms with van der Waals surface area (Å²) in [5.74, 6) is -0.949. The molecule has 0 saturated carbocycles. The highest BCUT2D eigenvalue weighted by Gasteiger charge is 2.34. The highest BCUT2D eigenvalue weighted by molar-refractivity contribution is 6.08. The number of hydrogen-bond donors (Lipinski definition) is 2. The molecule has 3 rings (SSSR count). The van der Waals surface area contributed by atoms with Crippen LogP contribution in [0.1, 0.15) is 41.8 Å². The number of rotatable bonds is 5. The average Bonchev–Trinajstić information content (AvgIpc) is 2.66. The normalized spacial score (nSPS) is 19.3. The molecule has 0 bridgehead atoms. The second-order valence-corrected chi connectivity index (χ2v) is 6.74. The van der Waals surface area contributed by atoms with Crippen LogP contribution in [-0.4, -0.2) is 23.0 Å². The van der Waals surface area contributed by atoms with Crippen molar-refractivity contribution >= 4 is 17.4 Å². The number of carboxylic acid groups (broad SMARTS) is 1. The van der Waals surface area contributed by atoms with Crippen molar-refractivity contribution in [3.63, 3.8) is 0 Å². The van der Waals surface area contributed by atoms with Crippen LogP contribution in [0.4, 0.5) is 0 Å². The van der Waals surface area contributed by atoms with Crippen LogP contribution in [0.2, 0.25) is 0 Å². The molecule has 0 unspecified atom stereocenters. The Labute approximate surface area is 153 Å². The van der Waals surface area contributed by atoms with Gasteiger partial charge in [-0.2, -0.15) is 0 Å². The van der Waals surface area contributed by atoms with E-state index in [1.165, 1.54) is 0 Å². The molecule has 26 heavy (non-hydrogen) atoms. The number of fused-ring (bicyclic) bond motifs is 1. The zero-order valence-corrected chi connectivity index (χ0v) is 15.0. The lowest BCUT2D eigenvalue weighted by molar-refractivity contribution is -0.132. The number of carbonyl (C=O) groups is 2. The van der Waals surface area contributed by atoms with Crippen molar-refractivity contribution in [2.24, 2.45) is 5.92 Å². The maximum atomic E-state index is 12.5. The topological polar surface area (TPSA) is 66.4 Å². The van der Waals surface area contributed by atoms with Gasteiger partial charge in [-0.05, 0) is 28.7 Å². The van der Waals surface area contributed by atoms with Gasteiger partial charge in [0.2, 0.25) is 0 Å². The van der Waals surface area contributed by atoms with Crippen LogP contribution in [0.3, 0.4) is 0 Å². The summed E-state index contributed by atoms with van der Waals surface area (Å²) in [6.07, 6.45) is 1.16.